The summed E-state index contributed by atoms with van der Waals surface area (Å²) in [5.41, 5.74) is 4.11. The van der Waals surface area contributed by atoms with Crippen molar-refractivity contribution < 1.29 is 4.79 Å². The molecule has 0 aliphatic carbocycles. The second kappa shape index (κ2) is 7.45. The predicted molar refractivity (Wildman–Crippen MR) is 96.9 cm³/mol. The summed E-state index contributed by atoms with van der Waals surface area (Å²) in [6.45, 7) is 2.41. The molecule has 0 saturated heterocycles. The van der Waals surface area contributed by atoms with Gasteiger partial charge in [0, 0.05) is 25.3 Å². The lowest BCUT2D eigenvalue weighted by Crippen LogP contribution is -2.31. The Balaban J connectivity index is 1.70. The van der Waals surface area contributed by atoms with Crippen molar-refractivity contribution in [3.8, 4) is 0 Å². The Kier molecular flexibility index (Phi) is 5.11. The number of aromatic nitrogens is 1. The molecule has 2 heterocycles. The fraction of sp³-hybridized carbons (Fsp3) is 0.368. The average Bonchev–Trinajstić information content (AvgIpc) is 2.61. The smallest absolute Gasteiger partial charge is 0.269 e. The van der Waals surface area contributed by atoms with Crippen molar-refractivity contribution in [1.29, 1.82) is 0 Å². The number of nitrogens with one attached hydrogen (secondary N) is 1. The third kappa shape index (κ3) is 3.74. The van der Waals surface area contributed by atoms with Crippen molar-refractivity contribution in [2.45, 2.75) is 12.8 Å². The third-order valence-corrected chi connectivity index (χ3v) is 4.25. The lowest BCUT2D eigenvalue weighted by molar-refractivity contribution is 0.0946. The van der Waals surface area contributed by atoms with E-state index in [4.69, 9.17) is 0 Å². The summed E-state index contributed by atoms with van der Waals surface area (Å²) in [6.07, 6.45) is 4.04. The fourth-order valence-corrected chi connectivity index (χ4v) is 2.97. The van der Waals surface area contributed by atoms with E-state index in [1.54, 1.807) is 12.3 Å². The van der Waals surface area contributed by atoms with Crippen LogP contribution < -0.4 is 10.2 Å². The molecule has 2 aromatic rings. The maximum absolute atomic E-state index is 12.1. The van der Waals surface area contributed by atoms with Gasteiger partial charge in [-0.05, 0) is 50.7 Å². The topological polar surface area (TPSA) is 48.5 Å². The van der Waals surface area contributed by atoms with E-state index < -0.39 is 0 Å². The highest BCUT2D eigenvalue weighted by Crippen LogP contribution is 2.32. The zero-order valence-corrected chi connectivity index (χ0v) is 14.3. The van der Waals surface area contributed by atoms with Gasteiger partial charge in [0.25, 0.3) is 5.91 Å². The van der Waals surface area contributed by atoms with Gasteiger partial charge in [0.05, 0.1) is 11.9 Å². The minimum atomic E-state index is -0.123. The number of anilines is 2. The van der Waals surface area contributed by atoms with Gasteiger partial charge in [0.2, 0.25) is 0 Å². The second-order valence-electron chi connectivity index (χ2n) is 6.34. The molecule has 0 atom stereocenters. The Labute approximate surface area is 143 Å². The van der Waals surface area contributed by atoms with Crippen molar-refractivity contribution in [3.05, 3.63) is 53.9 Å². The Hall–Kier alpha value is -2.40. The number of fused-ring (bicyclic) bond motifs is 1. The van der Waals surface area contributed by atoms with Gasteiger partial charge in [0.1, 0.15) is 5.69 Å². The number of aryl methyl sites for hydroxylation is 1. The molecule has 0 unspecified atom stereocenters. The van der Waals surface area contributed by atoms with Crippen LogP contribution in [-0.2, 0) is 6.42 Å². The van der Waals surface area contributed by atoms with Crippen LogP contribution in [-0.4, -0.2) is 49.5 Å². The second-order valence-corrected chi connectivity index (χ2v) is 6.34. The molecule has 3 rings (SSSR count). The molecule has 5 heteroatoms. The van der Waals surface area contributed by atoms with Crippen LogP contribution in [0.5, 0.6) is 0 Å². The first kappa shape index (κ1) is 16.5. The highest BCUT2D eigenvalue weighted by molar-refractivity contribution is 5.92. The SMILES string of the molecule is CN(C)CCNC(=O)c1ccc(N2CCCc3ccccc32)cn1. The number of likely N-dealkylation sites (N-methyl/N-ethyl adjacent to an activating group) is 1. The van der Waals surface area contributed by atoms with Gasteiger partial charge in [0.15, 0.2) is 0 Å². The molecule has 1 aromatic heterocycles. The zero-order valence-electron chi connectivity index (χ0n) is 14.3. The Morgan fingerprint density at radius 1 is 1.25 bits per heavy atom. The summed E-state index contributed by atoms with van der Waals surface area (Å²) >= 11 is 0. The third-order valence-electron chi connectivity index (χ3n) is 4.25. The van der Waals surface area contributed by atoms with Gasteiger partial charge in [-0.15, -0.1) is 0 Å². The molecule has 0 radical (unpaired) electrons. The molecule has 1 aliphatic heterocycles. The van der Waals surface area contributed by atoms with E-state index in [1.165, 1.54) is 11.3 Å². The maximum Gasteiger partial charge on any atom is 0.269 e. The monoisotopic (exact) mass is 324 g/mol. The number of amides is 1. The first-order valence-electron chi connectivity index (χ1n) is 8.39. The number of hydrogen-bond acceptors (Lipinski definition) is 4. The normalized spacial score (nSPS) is 13.7. The number of carbonyl (C=O) groups excluding carboxylic acids is 1. The molecule has 0 bridgehead atoms. The summed E-state index contributed by atoms with van der Waals surface area (Å²) in [5, 5.41) is 2.89. The number of rotatable bonds is 5. The van der Waals surface area contributed by atoms with Crippen molar-refractivity contribution in [2.75, 3.05) is 38.6 Å². The molecule has 0 saturated carbocycles. The van der Waals surface area contributed by atoms with Crippen LogP contribution in [0.25, 0.3) is 0 Å². The lowest BCUT2D eigenvalue weighted by Gasteiger charge is -2.31. The molecule has 1 aliphatic rings. The van der Waals surface area contributed by atoms with E-state index in [-0.39, 0.29) is 5.91 Å². The summed E-state index contributed by atoms with van der Waals surface area (Å²) in [4.78, 5) is 20.8. The standard InChI is InChI=1S/C19H24N4O/c1-22(2)13-11-20-19(24)17-10-9-16(14-21-17)23-12-5-7-15-6-3-4-8-18(15)23/h3-4,6,8-10,14H,5,7,11-13H2,1-2H3,(H,20,24). The molecular formula is C19H24N4O. The first-order chi connectivity index (χ1) is 11.6. The van der Waals surface area contributed by atoms with E-state index in [9.17, 15) is 4.79 Å². The van der Waals surface area contributed by atoms with Crippen LogP contribution in [0.4, 0.5) is 11.4 Å². The van der Waals surface area contributed by atoms with Crippen LogP contribution in [0.15, 0.2) is 42.6 Å². The number of carbonyl (C=O) groups is 1. The molecule has 126 valence electrons. The van der Waals surface area contributed by atoms with Gasteiger partial charge >= 0.3 is 0 Å². The molecule has 0 spiro atoms. The minimum Gasteiger partial charge on any atom is -0.349 e. The maximum atomic E-state index is 12.1. The van der Waals surface area contributed by atoms with Crippen LogP contribution in [0.2, 0.25) is 0 Å². The van der Waals surface area contributed by atoms with Gasteiger partial charge in [-0.25, -0.2) is 4.98 Å². The number of nitrogens with zero attached hydrogens (tertiary/aromatic N) is 3. The molecule has 1 amide bonds. The van der Waals surface area contributed by atoms with Crippen LogP contribution in [0, 0.1) is 0 Å². The zero-order chi connectivity index (χ0) is 16.9. The summed E-state index contributed by atoms with van der Waals surface area (Å²) in [6, 6.07) is 12.3. The molecule has 24 heavy (non-hydrogen) atoms. The Bertz CT molecular complexity index is 697. The Morgan fingerprint density at radius 3 is 2.83 bits per heavy atom. The van der Waals surface area contributed by atoms with Crippen LogP contribution in [0.3, 0.4) is 0 Å². The molecule has 5 nitrogen and oxygen atoms in total. The Morgan fingerprint density at radius 2 is 2.08 bits per heavy atom. The van der Waals surface area contributed by atoms with Crippen molar-refractivity contribution in [3.63, 3.8) is 0 Å². The highest BCUT2D eigenvalue weighted by atomic mass is 16.1. The number of benzene rings is 1. The highest BCUT2D eigenvalue weighted by Gasteiger charge is 2.18. The summed E-state index contributed by atoms with van der Waals surface area (Å²) in [7, 11) is 3.96. The average molecular weight is 324 g/mol. The van der Waals surface area contributed by atoms with Gasteiger partial charge < -0.3 is 15.1 Å². The van der Waals surface area contributed by atoms with Gasteiger partial charge in [-0.3, -0.25) is 4.79 Å². The molecule has 1 N–H and O–H groups in total. The predicted octanol–water partition coefficient (Wildman–Crippen LogP) is 2.46. The number of hydrogen-bond donors (Lipinski definition) is 1. The van der Waals surface area contributed by atoms with Crippen LogP contribution >= 0.6 is 0 Å². The number of para-hydroxylation sites is 1. The largest absolute Gasteiger partial charge is 0.349 e. The molecule has 1 aromatic carbocycles. The van der Waals surface area contributed by atoms with Crippen molar-refractivity contribution >= 4 is 17.3 Å². The lowest BCUT2D eigenvalue weighted by atomic mass is 10.0. The molecular weight excluding hydrogens is 300 g/mol. The van der Waals surface area contributed by atoms with Gasteiger partial charge in [-0.2, -0.15) is 0 Å². The number of pyridine rings is 1. The van der Waals surface area contributed by atoms with E-state index in [2.05, 4.69) is 39.5 Å². The summed E-state index contributed by atoms with van der Waals surface area (Å²) < 4.78 is 0. The van der Waals surface area contributed by atoms with E-state index in [1.807, 2.05) is 25.1 Å². The van der Waals surface area contributed by atoms with Crippen molar-refractivity contribution in [1.82, 2.24) is 15.2 Å². The molecule has 0 fully saturated rings. The van der Waals surface area contributed by atoms with Gasteiger partial charge in [-0.1, -0.05) is 18.2 Å². The van der Waals surface area contributed by atoms with E-state index >= 15 is 0 Å². The fourth-order valence-electron chi connectivity index (χ4n) is 2.97. The van der Waals surface area contributed by atoms with Crippen LogP contribution in [0.1, 0.15) is 22.5 Å². The van der Waals surface area contributed by atoms with E-state index in [0.717, 1.165) is 31.6 Å². The summed E-state index contributed by atoms with van der Waals surface area (Å²) in [5.74, 6) is -0.123. The van der Waals surface area contributed by atoms with Crippen molar-refractivity contribution in [2.24, 2.45) is 0 Å². The first-order valence-corrected chi connectivity index (χ1v) is 8.39. The minimum absolute atomic E-state index is 0.123. The van der Waals surface area contributed by atoms with E-state index in [0.29, 0.717) is 12.2 Å². The quantitative estimate of drug-likeness (QED) is 0.918.